The van der Waals surface area contributed by atoms with E-state index in [1.165, 1.54) is 11.3 Å². The summed E-state index contributed by atoms with van der Waals surface area (Å²) in [5.41, 5.74) is 1.42. The minimum atomic E-state index is -0.935. The molecule has 4 nitrogen and oxygen atoms in total. The molecule has 3 aromatic rings. The van der Waals surface area contributed by atoms with Gasteiger partial charge in [-0.2, -0.15) is 0 Å². The second-order valence-corrected chi connectivity index (χ2v) is 6.83. The second kappa shape index (κ2) is 7.49. The molecule has 0 bridgehead atoms. The molecular formula is C15H13ClN2O2S2. The van der Waals surface area contributed by atoms with Gasteiger partial charge in [-0.05, 0) is 26.0 Å². The lowest BCUT2D eigenvalue weighted by Crippen LogP contribution is -1.94. The summed E-state index contributed by atoms with van der Waals surface area (Å²) < 4.78 is 0. The highest BCUT2D eigenvalue weighted by molar-refractivity contribution is 7.17. The molecule has 7 heteroatoms. The van der Waals surface area contributed by atoms with E-state index in [2.05, 4.69) is 9.97 Å². The molecule has 0 spiro atoms. The van der Waals surface area contributed by atoms with Gasteiger partial charge in [-0.3, -0.25) is 4.98 Å². The number of carboxylic acids is 1. The molecule has 0 atom stereocenters. The SMILES string of the molecule is Cc1nc(-c2ccc(Cl)cc2)sc1C(=O)O.Cc1nccs1. The predicted molar refractivity (Wildman–Crippen MR) is 91.1 cm³/mol. The van der Waals surface area contributed by atoms with Gasteiger partial charge in [-0.1, -0.05) is 23.7 Å². The molecule has 114 valence electrons. The van der Waals surface area contributed by atoms with Crippen LogP contribution >= 0.6 is 34.3 Å². The molecule has 0 unspecified atom stereocenters. The van der Waals surface area contributed by atoms with Crippen LogP contribution in [0.2, 0.25) is 5.02 Å². The Balaban J connectivity index is 0.000000246. The van der Waals surface area contributed by atoms with Gasteiger partial charge in [0.05, 0.1) is 10.7 Å². The Labute approximate surface area is 141 Å². The number of carbonyl (C=O) groups is 1. The summed E-state index contributed by atoms with van der Waals surface area (Å²) >= 11 is 8.61. The zero-order valence-corrected chi connectivity index (χ0v) is 14.3. The third-order valence-electron chi connectivity index (χ3n) is 2.64. The summed E-state index contributed by atoms with van der Waals surface area (Å²) in [6, 6.07) is 7.17. The Morgan fingerprint density at radius 3 is 2.32 bits per heavy atom. The van der Waals surface area contributed by atoms with Crippen molar-refractivity contribution in [2.24, 2.45) is 0 Å². The van der Waals surface area contributed by atoms with Gasteiger partial charge in [-0.15, -0.1) is 22.7 Å². The molecule has 2 heterocycles. The van der Waals surface area contributed by atoms with E-state index in [0.29, 0.717) is 15.7 Å². The first-order chi connectivity index (χ1) is 10.5. The average Bonchev–Trinajstić information content (AvgIpc) is 3.09. The van der Waals surface area contributed by atoms with Crippen molar-refractivity contribution in [3.63, 3.8) is 0 Å². The Morgan fingerprint density at radius 2 is 1.91 bits per heavy atom. The van der Waals surface area contributed by atoms with E-state index in [9.17, 15) is 4.79 Å². The van der Waals surface area contributed by atoms with Gasteiger partial charge in [0.15, 0.2) is 0 Å². The van der Waals surface area contributed by atoms with Crippen LogP contribution in [0.1, 0.15) is 20.4 Å². The molecule has 3 rings (SSSR count). The zero-order valence-electron chi connectivity index (χ0n) is 11.9. The molecule has 0 radical (unpaired) electrons. The maximum absolute atomic E-state index is 10.9. The summed E-state index contributed by atoms with van der Waals surface area (Å²) in [5, 5.41) is 13.4. The first-order valence-corrected chi connectivity index (χ1v) is 8.37. The standard InChI is InChI=1S/C11H8ClNO2S.C4H5NS/c1-6-9(11(14)15)16-10(13-6)7-2-4-8(12)5-3-7;1-4-5-2-3-6-4/h2-5H,1H3,(H,14,15);2-3H,1H3. The van der Waals surface area contributed by atoms with Crippen molar-refractivity contribution in [3.05, 3.63) is 56.4 Å². The highest BCUT2D eigenvalue weighted by Gasteiger charge is 2.14. The number of carboxylic acid groups (broad SMARTS) is 1. The van der Waals surface area contributed by atoms with Crippen molar-refractivity contribution < 1.29 is 9.90 Å². The van der Waals surface area contributed by atoms with Crippen molar-refractivity contribution >= 4 is 40.2 Å². The number of thiazole rings is 2. The number of aromatic nitrogens is 2. The highest BCUT2D eigenvalue weighted by Crippen LogP contribution is 2.28. The molecule has 0 aliphatic rings. The van der Waals surface area contributed by atoms with Crippen molar-refractivity contribution in [3.8, 4) is 10.6 Å². The van der Waals surface area contributed by atoms with E-state index in [1.807, 2.05) is 24.4 Å². The largest absolute Gasteiger partial charge is 0.477 e. The molecule has 0 saturated heterocycles. The lowest BCUT2D eigenvalue weighted by Gasteiger charge is -1.94. The summed E-state index contributed by atoms with van der Waals surface area (Å²) in [6.45, 7) is 3.68. The van der Waals surface area contributed by atoms with E-state index >= 15 is 0 Å². The van der Waals surface area contributed by atoms with Crippen molar-refractivity contribution in [1.29, 1.82) is 0 Å². The predicted octanol–water partition coefficient (Wildman–Crippen LogP) is 4.92. The van der Waals surface area contributed by atoms with Crippen LogP contribution in [0, 0.1) is 13.8 Å². The first kappa shape index (κ1) is 16.6. The number of halogens is 1. The fourth-order valence-electron chi connectivity index (χ4n) is 1.61. The molecule has 0 aliphatic carbocycles. The number of hydrogen-bond donors (Lipinski definition) is 1. The van der Waals surface area contributed by atoms with Gasteiger partial charge in [0.1, 0.15) is 9.88 Å². The van der Waals surface area contributed by atoms with Crippen LogP contribution in [0.5, 0.6) is 0 Å². The summed E-state index contributed by atoms with van der Waals surface area (Å²) in [6.07, 6.45) is 1.81. The second-order valence-electron chi connectivity index (χ2n) is 4.30. The number of nitrogens with zero attached hydrogens (tertiary/aromatic N) is 2. The first-order valence-electron chi connectivity index (χ1n) is 6.30. The normalized spacial score (nSPS) is 9.95. The highest BCUT2D eigenvalue weighted by atomic mass is 35.5. The van der Waals surface area contributed by atoms with Gasteiger partial charge >= 0.3 is 5.97 Å². The van der Waals surface area contributed by atoms with E-state index in [-0.39, 0.29) is 4.88 Å². The summed E-state index contributed by atoms with van der Waals surface area (Å²) in [4.78, 5) is 19.3. The quantitative estimate of drug-likeness (QED) is 0.710. The summed E-state index contributed by atoms with van der Waals surface area (Å²) in [7, 11) is 0. The van der Waals surface area contributed by atoms with Crippen molar-refractivity contribution in [2.45, 2.75) is 13.8 Å². The molecule has 0 aliphatic heterocycles. The number of aromatic carboxylic acids is 1. The third kappa shape index (κ3) is 4.37. The van der Waals surface area contributed by atoms with Crippen LogP contribution in [0.15, 0.2) is 35.8 Å². The average molecular weight is 353 g/mol. The van der Waals surface area contributed by atoms with Crippen molar-refractivity contribution in [1.82, 2.24) is 9.97 Å². The third-order valence-corrected chi connectivity index (χ3v) is 4.79. The molecule has 0 saturated carbocycles. The van der Waals surface area contributed by atoms with Crippen LogP contribution in [0.4, 0.5) is 0 Å². The van der Waals surface area contributed by atoms with Crippen LogP contribution in [-0.2, 0) is 0 Å². The van der Waals surface area contributed by atoms with Gasteiger partial charge in [0.25, 0.3) is 0 Å². The maximum Gasteiger partial charge on any atom is 0.347 e. The minimum absolute atomic E-state index is 0.282. The molecule has 22 heavy (non-hydrogen) atoms. The Hall–Kier alpha value is -1.76. The van der Waals surface area contributed by atoms with Gasteiger partial charge in [0.2, 0.25) is 0 Å². The fraction of sp³-hybridized carbons (Fsp3) is 0.133. The fourth-order valence-corrected chi connectivity index (χ4v) is 3.08. The number of benzene rings is 1. The van der Waals surface area contributed by atoms with E-state index < -0.39 is 5.97 Å². The maximum atomic E-state index is 10.9. The molecule has 2 aromatic heterocycles. The van der Waals surface area contributed by atoms with E-state index in [4.69, 9.17) is 16.7 Å². The number of rotatable bonds is 2. The number of aryl methyl sites for hydroxylation is 2. The smallest absolute Gasteiger partial charge is 0.347 e. The molecule has 1 aromatic carbocycles. The van der Waals surface area contributed by atoms with Crippen molar-refractivity contribution in [2.75, 3.05) is 0 Å². The molecule has 1 N–H and O–H groups in total. The Morgan fingerprint density at radius 1 is 1.23 bits per heavy atom. The summed E-state index contributed by atoms with van der Waals surface area (Å²) in [5.74, 6) is -0.935. The van der Waals surface area contributed by atoms with E-state index in [0.717, 1.165) is 10.6 Å². The Kier molecular flexibility index (Phi) is 5.65. The van der Waals surface area contributed by atoms with Crippen LogP contribution in [0.3, 0.4) is 0 Å². The topological polar surface area (TPSA) is 63.1 Å². The molecular weight excluding hydrogens is 340 g/mol. The Bertz CT molecular complexity index is 752. The lowest BCUT2D eigenvalue weighted by molar-refractivity contribution is 0.0701. The van der Waals surface area contributed by atoms with Gasteiger partial charge < -0.3 is 5.11 Å². The van der Waals surface area contributed by atoms with Crippen LogP contribution in [0.25, 0.3) is 10.6 Å². The van der Waals surface area contributed by atoms with Gasteiger partial charge in [-0.25, -0.2) is 9.78 Å². The zero-order chi connectivity index (χ0) is 16.1. The molecule has 0 fully saturated rings. The van der Waals surface area contributed by atoms with Crippen LogP contribution < -0.4 is 0 Å². The molecule has 0 amide bonds. The van der Waals surface area contributed by atoms with Gasteiger partial charge in [0, 0.05) is 22.2 Å². The minimum Gasteiger partial charge on any atom is -0.477 e. The monoisotopic (exact) mass is 352 g/mol. The van der Waals surface area contributed by atoms with E-state index in [1.54, 1.807) is 36.6 Å². The lowest BCUT2D eigenvalue weighted by atomic mass is 10.2. The van der Waals surface area contributed by atoms with Crippen LogP contribution in [-0.4, -0.2) is 21.0 Å². The number of hydrogen-bond acceptors (Lipinski definition) is 5.